The molecular weight excluding hydrogens is 216 g/mol. The van der Waals surface area contributed by atoms with E-state index in [4.69, 9.17) is 10.2 Å². The number of thioether (sulfide) groups is 1. The molecule has 0 bridgehead atoms. The first-order valence-electron chi connectivity index (χ1n) is 4.55. The summed E-state index contributed by atoms with van der Waals surface area (Å²) in [5.41, 5.74) is 0. The Morgan fingerprint density at radius 1 is 1.73 bits per heavy atom. The lowest BCUT2D eigenvalue weighted by Gasteiger charge is -2.12. The highest BCUT2D eigenvalue weighted by Gasteiger charge is 2.22. The first-order chi connectivity index (χ1) is 7.00. The molecule has 0 saturated heterocycles. The third kappa shape index (κ3) is 3.56. The zero-order valence-corrected chi connectivity index (χ0v) is 9.44. The van der Waals surface area contributed by atoms with Crippen LogP contribution in [0.1, 0.15) is 13.3 Å². The number of hydrogen-bond donors (Lipinski definition) is 2. The lowest BCUT2D eigenvalue weighted by Crippen LogP contribution is -2.22. The van der Waals surface area contributed by atoms with Gasteiger partial charge in [0.2, 0.25) is 0 Å². The summed E-state index contributed by atoms with van der Waals surface area (Å²) in [7, 11) is 1.80. The second-order valence-electron chi connectivity index (χ2n) is 3.35. The number of nitrogens with zero attached hydrogens (tertiary/aromatic N) is 2. The van der Waals surface area contributed by atoms with Crippen LogP contribution in [0.25, 0.3) is 0 Å². The van der Waals surface area contributed by atoms with Gasteiger partial charge in [0, 0.05) is 19.4 Å². The molecule has 2 N–H and O–H groups in total. The van der Waals surface area contributed by atoms with Crippen LogP contribution < -0.4 is 0 Å². The van der Waals surface area contributed by atoms with E-state index in [-0.39, 0.29) is 6.42 Å². The summed E-state index contributed by atoms with van der Waals surface area (Å²) in [6, 6.07) is 0. The molecule has 1 heterocycles. The van der Waals surface area contributed by atoms with Gasteiger partial charge in [-0.15, -0.1) is 0 Å². The van der Waals surface area contributed by atoms with Crippen molar-refractivity contribution in [3.05, 3.63) is 12.4 Å². The number of carboxylic acid groups (broad SMARTS) is 1. The Morgan fingerprint density at radius 3 is 2.80 bits per heavy atom. The quantitative estimate of drug-likeness (QED) is 0.730. The van der Waals surface area contributed by atoms with Gasteiger partial charge in [0.25, 0.3) is 0 Å². The summed E-state index contributed by atoms with van der Waals surface area (Å²) in [5.74, 6) is -0.927. The standard InChI is InChI=1S/C9H14N2O3S/c1-6(12)5-7(8(13)14)15-9-10-3-4-11(9)2/h3-4,6-7,12H,5H2,1-2H3,(H,13,14)/t6-,7-/m1/s1. The van der Waals surface area contributed by atoms with Crippen LogP contribution in [-0.4, -0.2) is 37.1 Å². The number of aryl methyl sites for hydroxylation is 1. The summed E-state index contributed by atoms with van der Waals surface area (Å²) < 4.78 is 1.75. The average molecular weight is 230 g/mol. The molecule has 0 fully saturated rings. The predicted octanol–water partition coefficient (Wildman–Crippen LogP) is 0.736. The van der Waals surface area contributed by atoms with Crippen LogP contribution in [0, 0.1) is 0 Å². The third-order valence-electron chi connectivity index (χ3n) is 1.86. The first-order valence-corrected chi connectivity index (χ1v) is 5.43. The summed E-state index contributed by atoms with van der Waals surface area (Å²) in [6.45, 7) is 1.58. The van der Waals surface area contributed by atoms with Crippen LogP contribution >= 0.6 is 11.8 Å². The Hall–Kier alpha value is -1.01. The number of aliphatic carboxylic acids is 1. The number of aliphatic hydroxyl groups is 1. The largest absolute Gasteiger partial charge is 0.480 e. The van der Waals surface area contributed by atoms with Crippen molar-refractivity contribution < 1.29 is 15.0 Å². The number of aromatic nitrogens is 2. The molecule has 0 unspecified atom stereocenters. The smallest absolute Gasteiger partial charge is 0.317 e. The van der Waals surface area contributed by atoms with Gasteiger partial charge in [-0.25, -0.2) is 4.98 Å². The predicted molar refractivity (Wildman–Crippen MR) is 56.8 cm³/mol. The lowest BCUT2D eigenvalue weighted by atomic mass is 10.2. The van der Waals surface area contributed by atoms with E-state index in [1.807, 2.05) is 0 Å². The van der Waals surface area contributed by atoms with Gasteiger partial charge in [-0.3, -0.25) is 4.79 Å². The highest BCUT2D eigenvalue weighted by molar-refractivity contribution is 8.00. The number of rotatable bonds is 5. The average Bonchev–Trinajstić information content (AvgIpc) is 2.50. The highest BCUT2D eigenvalue weighted by atomic mass is 32.2. The molecule has 0 aromatic carbocycles. The molecule has 15 heavy (non-hydrogen) atoms. The van der Waals surface area contributed by atoms with Crippen molar-refractivity contribution in [1.82, 2.24) is 9.55 Å². The number of carboxylic acids is 1. The molecule has 0 radical (unpaired) electrons. The van der Waals surface area contributed by atoms with Gasteiger partial charge < -0.3 is 14.8 Å². The van der Waals surface area contributed by atoms with E-state index in [2.05, 4.69) is 4.98 Å². The fraction of sp³-hybridized carbons (Fsp3) is 0.556. The second kappa shape index (κ2) is 5.18. The van der Waals surface area contributed by atoms with E-state index >= 15 is 0 Å². The summed E-state index contributed by atoms with van der Waals surface area (Å²) in [6.07, 6.45) is 2.96. The Bertz CT molecular complexity index is 338. The van der Waals surface area contributed by atoms with E-state index in [1.54, 1.807) is 30.9 Å². The minimum Gasteiger partial charge on any atom is -0.480 e. The molecule has 0 saturated carbocycles. The zero-order chi connectivity index (χ0) is 11.4. The maximum atomic E-state index is 10.9. The third-order valence-corrected chi connectivity index (χ3v) is 3.14. The van der Waals surface area contributed by atoms with Gasteiger partial charge in [-0.05, 0) is 13.3 Å². The SMILES string of the molecule is C[C@@H](O)C[C@@H](Sc1nccn1C)C(=O)O. The van der Waals surface area contributed by atoms with Gasteiger partial charge in [0.15, 0.2) is 5.16 Å². The van der Waals surface area contributed by atoms with Crippen LogP contribution in [0.15, 0.2) is 17.6 Å². The molecule has 6 heteroatoms. The summed E-state index contributed by atoms with van der Waals surface area (Å²) in [4.78, 5) is 14.9. The molecule has 0 aliphatic carbocycles. The lowest BCUT2D eigenvalue weighted by molar-refractivity contribution is -0.136. The number of carbonyl (C=O) groups is 1. The van der Waals surface area contributed by atoms with Gasteiger partial charge >= 0.3 is 5.97 Å². The Kier molecular flexibility index (Phi) is 4.16. The van der Waals surface area contributed by atoms with Gasteiger partial charge in [-0.2, -0.15) is 0 Å². The number of hydrogen-bond acceptors (Lipinski definition) is 4. The first kappa shape index (κ1) is 12.1. The van der Waals surface area contributed by atoms with Crippen molar-refractivity contribution in [2.24, 2.45) is 7.05 Å². The second-order valence-corrected chi connectivity index (χ2v) is 4.52. The molecule has 84 valence electrons. The van der Waals surface area contributed by atoms with Crippen LogP contribution in [0.5, 0.6) is 0 Å². The highest BCUT2D eigenvalue weighted by Crippen LogP contribution is 2.24. The fourth-order valence-electron chi connectivity index (χ4n) is 1.10. The van der Waals surface area contributed by atoms with Gasteiger partial charge in [0.05, 0.1) is 6.10 Å². The zero-order valence-electron chi connectivity index (χ0n) is 8.62. The van der Waals surface area contributed by atoms with Crippen LogP contribution in [0.3, 0.4) is 0 Å². The molecule has 0 amide bonds. The number of imidazole rings is 1. The topological polar surface area (TPSA) is 75.4 Å². The fourth-order valence-corrected chi connectivity index (χ4v) is 2.18. The van der Waals surface area contributed by atoms with E-state index < -0.39 is 17.3 Å². The molecule has 1 rings (SSSR count). The Labute approximate surface area is 92.1 Å². The van der Waals surface area contributed by atoms with Gasteiger partial charge in [0.1, 0.15) is 5.25 Å². The molecule has 1 aromatic rings. The van der Waals surface area contributed by atoms with E-state index in [1.165, 1.54) is 0 Å². The van der Waals surface area contributed by atoms with E-state index in [0.717, 1.165) is 11.8 Å². The summed E-state index contributed by atoms with van der Waals surface area (Å²) >= 11 is 1.15. The van der Waals surface area contributed by atoms with E-state index in [9.17, 15) is 4.79 Å². The van der Waals surface area contributed by atoms with Gasteiger partial charge in [-0.1, -0.05) is 11.8 Å². The van der Waals surface area contributed by atoms with Crippen molar-refractivity contribution >= 4 is 17.7 Å². The summed E-state index contributed by atoms with van der Waals surface area (Å²) in [5, 5.41) is 18.1. The van der Waals surface area contributed by atoms with Crippen molar-refractivity contribution in [1.29, 1.82) is 0 Å². The molecule has 0 aliphatic heterocycles. The Morgan fingerprint density at radius 2 is 2.40 bits per heavy atom. The Balaban J connectivity index is 2.67. The molecule has 5 nitrogen and oxygen atoms in total. The minimum atomic E-state index is -0.927. The van der Waals surface area contributed by atoms with Crippen LogP contribution in [0.4, 0.5) is 0 Å². The normalized spacial score (nSPS) is 14.9. The minimum absolute atomic E-state index is 0.215. The van der Waals surface area contributed by atoms with E-state index in [0.29, 0.717) is 5.16 Å². The van der Waals surface area contributed by atoms with Crippen molar-refractivity contribution in [2.45, 2.75) is 29.9 Å². The molecule has 0 spiro atoms. The van der Waals surface area contributed by atoms with Crippen molar-refractivity contribution in [2.75, 3.05) is 0 Å². The van der Waals surface area contributed by atoms with Crippen LogP contribution in [0.2, 0.25) is 0 Å². The van der Waals surface area contributed by atoms with Crippen LogP contribution in [-0.2, 0) is 11.8 Å². The number of aliphatic hydroxyl groups excluding tert-OH is 1. The maximum absolute atomic E-state index is 10.9. The molecule has 1 aromatic heterocycles. The van der Waals surface area contributed by atoms with Crippen molar-refractivity contribution in [3.8, 4) is 0 Å². The molecular formula is C9H14N2O3S. The maximum Gasteiger partial charge on any atom is 0.317 e. The molecule has 0 aliphatic rings. The molecule has 2 atom stereocenters. The monoisotopic (exact) mass is 230 g/mol. The van der Waals surface area contributed by atoms with Crippen molar-refractivity contribution in [3.63, 3.8) is 0 Å².